The Morgan fingerprint density at radius 1 is 1.29 bits per heavy atom. The number of hydrogen-bond acceptors (Lipinski definition) is 4. The first kappa shape index (κ1) is 23.3. The minimum Gasteiger partial charge on any atom is -0.459 e. The van der Waals surface area contributed by atoms with Crippen molar-refractivity contribution >= 4 is 11.9 Å². The Hall–Kier alpha value is -2.40. The predicted octanol–water partition coefficient (Wildman–Crippen LogP) is 5.05. The molecule has 2 saturated heterocycles. The highest BCUT2D eigenvalue weighted by Gasteiger charge is 2.64. The van der Waals surface area contributed by atoms with Crippen molar-refractivity contribution in [3.05, 3.63) is 61.2 Å². The van der Waals surface area contributed by atoms with E-state index in [4.69, 9.17) is 9.47 Å². The maximum absolute atomic E-state index is 14.2. The van der Waals surface area contributed by atoms with Crippen molar-refractivity contribution in [2.24, 2.45) is 17.3 Å². The van der Waals surface area contributed by atoms with Crippen molar-refractivity contribution in [2.75, 3.05) is 6.61 Å². The van der Waals surface area contributed by atoms with Crippen LogP contribution in [0.5, 0.6) is 0 Å². The van der Waals surface area contributed by atoms with Crippen molar-refractivity contribution in [1.29, 1.82) is 0 Å². The van der Waals surface area contributed by atoms with E-state index in [-0.39, 0.29) is 30.0 Å². The maximum atomic E-state index is 14.2. The Bertz CT molecular complexity index is 828. The molecule has 5 heteroatoms. The number of ether oxygens (including phenoxy) is 2. The minimum absolute atomic E-state index is 0.0544. The Morgan fingerprint density at radius 3 is 2.52 bits per heavy atom. The molecule has 1 amide bonds. The summed E-state index contributed by atoms with van der Waals surface area (Å²) in [6, 6.07) is 9.64. The quantitative estimate of drug-likeness (QED) is 0.349. The lowest BCUT2D eigenvalue weighted by Gasteiger charge is -2.51. The Kier molecular flexibility index (Phi) is 6.75. The number of allylic oxidation sites excluding steroid dienone is 2. The molecule has 2 aliphatic heterocycles. The Labute approximate surface area is 186 Å². The van der Waals surface area contributed by atoms with Gasteiger partial charge in [0.05, 0.1) is 12.6 Å². The largest absolute Gasteiger partial charge is 0.459 e. The van der Waals surface area contributed by atoms with Gasteiger partial charge in [0.1, 0.15) is 11.8 Å². The second-order valence-electron chi connectivity index (χ2n) is 9.50. The zero-order valence-electron chi connectivity index (χ0n) is 19.2. The molecule has 1 aromatic rings. The normalized spacial score (nSPS) is 30.6. The maximum Gasteiger partial charge on any atom is 0.322 e. The van der Waals surface area contributed by atoms with Crippen LogP contribution in [0.25, 0.3) is 0 Å². The summed E-state index contributed by atoms with van der Waals surface area (Å²) in [5.41, 5.74) is -1.04. The molecule has 31 heavy (non-hydrogen) atoms. The highest BCUT2D eigenvalue weighted by atomic mass is 16.6. The average molecular weight is 426 g/mol. The predicted molar refractivity (Wildman–Crippen MR) is 121 cm³/mol. The van der Waals surface area contributed by atoms with Crippen LogP contribution in [0, 0.1) is 17.3 Å². The van der Waals surface area contributed by atoms with E-state index < -0.39 is 17.0 Å². The molecule has 2 heterocycles. The third-order valence-electron chi connectivity index (χ3n) is 6.46. The van der Waals surface area contributed by atoms with E-state index in [0.29, 0.717) is 19.4 Å². The molecule has 0 spiro atoms. The number of carbonyl (C=O) groups is 2. The van der Waals surface area contributed by atoms with Crippen LogP contribution in [-0.2, 0) is 19.1 Å². The van der Waals surface area contributed by atoms with Gasteiger partial charge in [0.15, 0.2) is 5.41 Å². The van der Waals surface area contributed by atoms with Gasteiger partial charge in [0, 0.05) is 11.8 Å². The van der Waals surface area contributed by atoms with Gasteiger partial charge in [-0.3, -0.25) is 9.59 Å². The van der Waals surface area contributed by atoms with Crippen LogP contribution >= 0.6 is 0 Å². The molecule has 5 atom stereocenters. The number of rotatable bonds is 7. The molecular weight excluding hydrogens is 390 g/mol. The van der Waals surface area contributed by atoms with E-state index >= 15 is 0 Å². The molecule has 0 bridgehead atoms. The summed E-state index contributed by atoms with van der Waals surface area (Å²) in [4.78, 5) is 29.8. The second kappa shape index (κ2) is 8.99. The van der Waals surface area contributed by atoms with Gasteiger partial charge in [-0.2, -0.15) is 0 Å². The van der Waals surface area contributed by atoms with Gasteiger partial charge in [0.2, 0.25) is 5.91 Å². The number of esters is 1. The van der Waals surface area contributed by atoms with Gasteiger partial charge in [-0.05, 0) is 45.6 Å². The van der Waals surface area contributed by atoms with E-state index in [1.165, 1.54) is 0 Å². The summed E-state index contributed by atoms with van der Waals surface area (Å²) in [5, 5.41) is 0. The third kappa shape index (κ3) is 4.08. The number of benzene rings is 1. The van der Waals surface area contributed by atoms with E-state index in [0.717, 1.165) is 12.0 Å². The van der Waals surface area contributed by atoms with Crippen molar-refractivity contribution in [2.45, 2.75) is 64.8 Å². The zero-order chi connectivity index (χ0) is 22.8. The van der Waals surface area contributed by atoms with Crippen LogP contribution in [0.1, 0.15) is 58.6 Å². The highest BCUT2D eigenvalue weighted by Crippen LogP contribution is 2.53. The average Bonchev–Trinajstić information content (AvgIpc) is 3.17. The Balaban J connectivity index is 2.14. The van der Waals surface area contributed by atoms with Crippen LogP contribution in [-0.4, -0.2) is 35.2 Å². The van der Waals surface area contributed by atoms with E-state index in [1.807, 2.05) is 51.1 Å². The van der Waals surface area contributed by atoms with Crippen molar-refractivity contribution < 1.29 is 19.1 Å². The van der Waals surface area contributed by atoms with Gasteiger partial charge in [-0.1, -0.05) is 49.4 Å². The summed E-state index contributed by atoms with van der Waals surface area (Å²) in [6.07, 6.45) is 4.75. The van der Waals surface area contributed by atoms with Gasteiger partial charge < -0.3 is 14.4 Å². The summed E-state index contributed by atoms with van der Waals surface area (Å²) in [6.45, 7) is 15.8. The summed E-state index contributed by atoms with van der Waals surface area (Å²) >= 11 is 0. The lowest BCUT2D eigenvalue weighted by molar-refractivity contribution is -0.194. The van der Waals surface area contributed by atoms with E-state index in [2.05, 4.69) is 20.1 Å². The zero-order valence-corrected chi connectivity index (χ0v) is 19.2. The molecule has 0 saturated carbocycles. The summed E-state index contributed by atoms with van der Waals surface area (Å²) in [7, 11) is 0. The molecule has 5 nitrogen and oxygen atoms in total. The number of carbonyl (C=O) groups excluding carboxylic acids is 2. The molecule has 1 aromatic carbocycles. The molecule has 0 aliphatic carbocycles. The lowest BCUT2D eigenvalue weighted by Crippen LogP contribution is -2.64. The molecule has 0 unspecified atom stereocenters. The van der Waals surface area contributed by atoms with Crippen molar-refractivity contribution in [1.82, 2.24) is 4.90 Å². The number of hydrogen-bond donors (Lipinski definition) is 0. The molecule has 2 aliphatic rings. The van der Waals surface area contributed by atoms with Crippen LogP contribution in [0.15, 0.2) is 55.6 Å². The van der Waals surface area contributed by atoms with Gasteiger partial charge in [-0.25, -0.2) is 0 Å². The fourth-order valence-corrected chi connectivity index (χ4v) is 5.09. The fraction of sp³-hybridized carbons (Fsp3) is 0.538. The van der Waals surface area contributed by atoms with E-state index in [1.54, 1.807) is 17.1 Å². The Morgan fingerprint density at radius 2 is 1.97 bits per heavy atom. The van der Waals surface area contributed by atoms with Crippen LogP contribution in [0.2, 0.25) is 0 Å². The molecule has 0 N–H and O–H groups in total. The standard InChI is InChI=1S/C26H35NO4/c1-7-10-16-26(24(29)31-25(4,5)6)20(9-3)19(8-2)22-27(23(26)28)21(17-30-22)18-14-12-11-13-15-18/h7,9,11-15,19-22H,1,3,8,10,16-17H2,2,4-6H3/t19-,20+,21-,22+,26+/m0/s1. The van der Waals surface area contributed by atoms with Gasteiger partial charge >= 0.3 is 5.97 Å². The van der Waals surface area contributed by atoms with Crippen molar-refractivity contribution in [3.8, 4) is 0 Å². The third-order valence-corrected chi connectivity index (χ3v) is 6.46. The number of piperidine rings is 1. The molecule has 0 aromatic heterocycles. The fourth-order valence-electron chi connectivity index (χ4n) is 5.09. The first-order valence-corrected chi connectivity index (χ1v) is 11.2. The molecule has 3 rings (SSSR count). The van der Waals surface area contributed by atoms with Crippen LogP contribution in [0.3, 0.4) is 0 Å². The monoisotopic (exact) mass is 425 g/mol. The lowest BCUT2D eigenvalue weighted by atomic mass is 9.61. The molecule has 168 valence electrons. The van der Waals surface area contributed by atoms with E-state index in [9.17, 15) is 9.59 Å². The summed E-state index contributed by atoms with van der Waals surface area (Å²) < 4.78 is 12.0. The molecular formula is C26H35NO4. The van der Waals surface area contributed by atoms with Gasteiger partial charge in [0.25, 0.3) is 0 Å². The first-order chi connectivity index (χ1) is 14.7. The molecule has 2 fully saturated rings. The smallest absolute Gasteiger partial charge is 0.322 e. The van der Waals surface area contributed by atoms with Crippen molar-refractivity contribution in [3.63, 3.8) is 0 Å². The van der Waals surface area contributed by atoms with Gasteiger partial charge in [-0.15, -0.1) is 13.2 Å². The second-order valence-corrected chi connectivity index (χ2v) is 9.50. The first-order valence-electron chi connectivity index (χ1n) is 11.2. The topological polar surface area (TPSA) is 55.8 Å². The summed E-state index contributed by atoms with van der Waals surface area (Å²) in [5.74, 6) is -1.14. The highest BCUT2D eigenvalue weighted by molar-refractivity contribution is 6.04. The minimum atomic E-state index is -1.35. The number of fused-ring (bicyclic) bond motifs is 1. The van der Waals surface area contributed by atoms with Crippen LogP contribution < -0.4 is 0 Å². The SMILES string of the molecule is C=CCC[C@]1(C(=O)OC(C)(C)C)C(=O)N2[C@H](OC[C@H]2c2ccccc2)[C@@H](CC)[C@H]1C=C. The number of amides is 1. The molecule has 0 radical (unpaired) electrons. The number of nitrogens with zero attached hydrogens (tertiary/aromatic N) is 1. The van der Waals surface area contributed by atoms with Crippen LogP contribution in [0.4, 0.5) is 0 Å².